The number of nitrogens with one attached hydrogen (secondary N) is 1. The van der Waals surface area contributed by atoms with Crippen molar-refractivity contribution in [1.82, 2.24) is 0 Å². The van der Waals surface area contributed by atoms with Gasteiger partial charge in [-0.1, -0.05) is 45.0 Å². The minimum absolute atomic E-state index is 0.152. The summed E-state index contributed by atoms with van der Waals surface area (Å²) in [6, 6.07) is 16.7. The Labute approximate surface area is 128 Å². The third kappa shape index (κ3) is 4.82. The summed E-state index contributed by atoms with van der Waals surface area (Å²) in [4.78, 5) is 0. The molecule has 0 saturated heterocycles. The molecule has 21 heavy (non-hydrogen) atoms. The van der Waals surface area contributed by atoms with Crippen molar-refractivity contribution in [2.24, 2.45) is 0 Å². The lowest BCUT2D eigenvalue weighted by atomic mass is 9.87. The van der Waals surface area contributed by atoms with Crippen molar-refractivity contribution in [3.8, 4) is 5.75 Å². The Kier molecular flexibility index (Phi) is 4.89. The van der Waals surface area contributed by atoms with E-state index in [0.29, 0.717) is 6.61 Å². The first kappa shape index (κ1) is 15.4. The molecule has 0 fully saturated rings. The molecule has 0 aliphatic heterocycles. The highest BCUT2D eigenvalue weighted by molar-refractivity contribution is 5.45. The number of hydrogen-bond donors (Lipinski definition) is 1. The molecule has 2 nitrogen and oxygen atoms in total. The number of hydrogen-bond acceptors (Lipinski definition) is 2. The van der Waals surface area contributed by atoms with Gasteiger partial charge in [-0.15, -0.1) is 0 Å². The molecule has 112 valence electrons. The molecular formula is C19H25NO. The van der Waals surface area contributed by atoms with Gasteiger partial charge in [-0.3, -0.25) is 0 Å². The van der Waals surface area contributed by atoms with Gasteiger partial charge in [0.05, 0.1) is 0 Å². The fourth-order valence-corrected chi connectivity index (χ4v) is 2.17. The maximum absolute atomic E-state index is 5.83. The van der Waals surface area contributed by atoms with Gasteiger partial charge in [0.25, 0.3) is 0 Å². The van der Waals surface area contributed by atoms with Gasteiger partial charge in [0, 0.05) is 12.2 Å². The van der Waals surface area contributed by atoms with Crippen LogP contribution in [0.2, 0.25) is 0 Å². The van der Waals surface area contributed by atoms with E-state index >= 15 is 0 Å². The van der Waals surface area contributed by atoms with Crippen LogP contribution < -0.4 is 10.1 Å². The number of aryl methyl sites for hydroxylation is 1. The lowest BCUT2D eigenvalue weighted by Crippen LogP contribution is -2.13. The molecule has 1 N–H and O–H groups in total. The van der Waals surface area contributed by atoms with E-state index in [1.807, 2.05) is 6.07 Å². The van der Waals surface area contributed by atoms with E-state index in [2.05, 4.69) is 75.5 Å². The van der Waals surface area contributed by atoms with Crippen LogP contribution in [0.25, 0.3) is 0 Å². The summed E-state index contributed by atoms with van der Waals surface area (Å²) in [6.45, 7) is 10.2. The van der Waals surface area contributed by atoms with Crippen LogP contribution in [0, 0.1) is 6.92 Å². The van der Waals surface area contributed by atoms with Crippen LogP contribution in [0.15, 0.2) is 48.5 Å². The lowest BCUT2D eigenvalue weighted by molar-refractivity contribution is 0.332. The molecule has 2 rings (SSSR count). The van der Waals surface area contributed by atoms with Gasteiger partial charge in [-0.2, -0.15) is 0 Å². The smallest absolute Gasteiger partial charge is 0.119 e. The van der Waals surface area contributed by atoms with Crippen molar-refractivity contribution in [2.45, 2.75) is 33.1 Å². The molecular weight excluding hydrogens is 258 g/mol. The lowest BCUT2D eigenvalue weighted by Gasteiger charge is -2.19. The second kappa shape index (κ2) is 6.66. The zero-order valence-electron chi connectivity index (χ0n) is 13.4. The molecule has 0 saturated carbocycles. The summed E-state index contributed by atoms with van der Waals surface area (Å²) in [7, 11) is 0. The van der Waals surface area contributed by atoms with Crippen LogP contribution in [-0.2, 0) is 5.41 Å². The molecule has 0 aliphatic carbocycles. The Balaban J connectivity index is 1.84. The van der Waals surface area contributed by atoms with E-state index in [1.54, 1.807) is 0 Å². The van der Waals surface area contributed by atoms with Gasteiger partial charge in [-0.05, 0) is 47.7 Å². The summed E-state index contributed by atoms with van der Waals surface area (Å²) in [5.41, 5.74) is 3.85. The SMILES string of the molecule is Cc1cccc(NCCOc2cccc(C(C)(C)C)c2)c1. The standard InChI is InChI=1S/C19H25NO/c1-15-7-5-9-17(13-15)20-11-12-21-18-10-6-8-16(14-18)19(2,3)4/h5-10,13-14,20H,11-12H2,1-4H3. The Morgan fingerprint density at radius 3 is 2.48 bits per heavy atom. The maximum atomic E-state index is 5.83. The topological polar surface area (TPSA) is 21.3 Å². The van der Waals surface area contributed by atoms with Gasteiger partial charge < -0.3 is 10.1 Å². The molecule has 0 heterocycles. The normalized spacial score (nSPS) is 11.2. The summed E-state index contributed by atoms with van der Waals surface area (Å²) >= 11 is 0. The minimum atomic E-state index is 0.152. The molecule has 0 amide bonds. The van der Waals surface area contributed by atoms with E-state index < -0.39 is 0 Å². The number of ether oxygens (including phenoxy) is 1. The number of benzene rings is 2. The predicted molar refractivity (Wildman–Crippen MR) is 90.3 cm³/mol. The monoisotopic (exact) mass is 283 g/mol. The number of anilines is 1. The fraction of sp³-hybridized carbons (Fsp3) is 0.368. The van der Waals surface area contributed by atoms with Crippen molar-refractivity contribution in [3.05, 3.63) is 59.7 Å². The van der Waals surface area contributed by atoms with Crippen LogP contribution in [0.3, 0.4) is 0 Å². The van der Waals surface area contributed by atoms with E-state index in [1.165, 1.54) is 11.1 Å². The zero-order valence-corrected chi connectivity index (χ0v) is 13.4. The molecule has 0 aliphatic rings. The molecule has 2 aromatic carbocycles. The summed E-state index contributed by atoms with van der Waals surface area (Å²) in [5, 5.41) is 3.38. The first-order chi connectivity index (χ1) is 9.95. The second-order valence-electron chi connectivity index (χ2n) is 6.42. The molecule has 2 aromatic rings. The maximum Gasteiger partial charge on any atom is 0.119 e. The van der Waals surface area contributed by atoms with Gasteiger partial charge >= 0.3 is 0 Å². The van der Waals surface area contributed by atoms with Gasteiger partial charge in [-0.25, -0.2) is 0 Å². The largest absolute Gasteiger partial charge is 0.492 e. The summed E-state index contributed by atoms with van der Waals surface area (Å²) in [6.07, 6.45) is 0. The van der Waals surface area contributed by atoms with Gasteiger partial charge in [0.15, 0.2) is 0 Å². The van der Waals surface area contributed by atoms with Crippen LogP contribution in [0.4, 0.5) is 5.69 Å². The van der Waals surface area contributed by atoms with Crippen LogP contribution in [0.1, 0.15) is 31.9 Å². The average Bonchev–Trinajstić information content (AvgIpc) is 2.43. The van der Waals surface area contributed by atoms with Crippen molar-refractivity contribution < 1.29 is 4.74 Å². The van der Waals surface area contributed by atoms with Crippen LogP contribution in [0.5, 0.6) is 5.75 Å². The van der Waals surface area contributed by atoms with Gasteiger partial charge in [0.2, 0.25) is 0 Å². The zero-order chi connectivity index (χ0) is 15.3. The number of rotatable bonds is 5. The van der Waals surface area contributed by atoms with E-state index in [9.17, 15) is 0 Å². The van der Waals surface area contributed by atoms with Crippen molar-refractivity contribution in [3.63, 3.8) is 0 Å². The third-order valence-corrected chi connectivity index (χ3v) is 3.42. The Bertz CT molecular complexity index is 584. The highest BCUT2D eigenvalue weighted by Crippen LogP contribution is 2.25. The average molecular weight is 283 g/mol. The van der Waals surface area contributed by atoms with Crippen molar-refractivity contribution in [1.29, 1.82) is 0 Å². The Morgan fingerprint density at radius 1 is 1.00 bits per heavy atom. The van der Waals surface area contributed by atoms with E-state index in [4.69, 9.17) is 4.74 Å². The highest BCUT2D eigenvalue weighted by Gasteiger charge is 2.13. The molecule has 0 aromatic heterocycles. The van der Waals surface area contributed by atoms with Crippen LogP contribution in [-0.4, -0.2) is 13.2 Å². The highest BCUT2D eigenvalue weighted by atomic mass is 16.5. The third-order valence-electron chi connectivity index (χ3n) is 3.42. The first-order valence-corrected chi connectivity index (χ1v) is 7.49. The van der Waals surface area contributed by atoms with Crippen molar-refractivity contribution >= 4 is 5.69 Å². The Hall–Kier alpha value is -1.96. The van der Waals surface area contributed by atoms with Crippen molar-refractivity contribution in [2.75, 3.05) is 18.5 Å². The molecule has 0 unspecified atom stereocenters. The molecule has 0 bridgehead atoms. The second-order valence-corrected chi connectivity index (χ2v) is 6.42. The Morgan fingerprint density at radius 2 is 1.76 bits per heavy atom. The predicted octanol–water partition coefficient (Wildman–Crippen LogP) is 4.78. The van der Waals surface area contributed by atoms with E-state index in [-0.39, 0.29) is 5.41 Å². The van der Waals surface area contributed by atoms with Gasteiger partial charge in [0.1, 0.15) is 12.4 Å². The quantitative estimate of drug-likeness (QED) is 0.797. The molecule has 2 heteroatoms. The minimum Gasteiger partial charge on any atom is -0.492 e. The fourth-order valence-electron chi connectivity index (χ4n) is 2.17. The molecule has 0 atom stereocenters. The molecule has 0 spiro atoms. The summed E-state index contributed by atoms with van der Waals surface area (Å²) < 4.78 is 5.83. The summed E-state index contributed by atoms with van der Waals surface area (Å²) in [5.74, 6) is 0.938. The van der Waals surface area contributed by atoms with E-state index in [0.717, 1.165) is 18.0 Å². The van der Waals surface area contributed by atoms with Crippen LogP contribution >= 0.6 is 0 Å². The molecule has 0 radical (unpaired) electrons. The first-order valence-electron chi connectivity index (χ1n) is 7.49.